The first-order valence-electron chi connectivity index (χ1n) is 17.3. The number of methoxy groups -OCH3 is 1. The van der Waals surface area contributed by atoms with E-state index in [4.69, 9.17) is 26.1 Å². The Morgan fingerprint density at radius 1 is 1.00 bits per heavy atom. The van der Waals surface area contributed by atoms with Crippen LogP contribution in [0.15, 0.2) is 55.2 Å². The van der Waals surface area contributed by atoms with Crippen LogP contribution in [0.25, 0.3) is 22.2 Å². The number of aromatic nitrogens is 6. The number of nitrogens with one attached hydrogen (secondary N) is 2. The van der Waals surface area contributed by atoms with Crippen molar-refractivity contribution in [3.05, 3.63) is 60.3 Å². The molecular weight excluding hydrogens is 687 g/mol. The van der Waals surface area contributed by atoms with Crippen LogP contribution in [0.3, 0.4) is 0 Å². The zero-order valence-corrected chi connectivity index (χ0v) is 31.1. The lowest BCUT2D eigenvalue weighted by atomic mass is 9.94. The number of ether oxygens (including phenoxy) is 2. The van der Waals surface area contributed by atoms with E-state index >= 15 is 0 Å². The predicted octanol–water partition coefficient (Wildman–Crippen LogP) is 6.16. The van der Waals surface area contributed by atoms with Crippen molar-refractivity contribution in [2.45, 2.75) is 19.3 Å². The third-order valence-corrected chi connectivity index (χ3v) is 11.3. The van der Waals surface area contributed by atoms with Gasteiger partial charge in [0, 0.05) is 87.8 Å². The lowest BCUT2D eigenvalue weighted by molar-refractivity contribution is 0.136. The number of aryl methyl sites for hydroxylation is 1. The first kappa shape index (κ1) is 35.1. The van der Waals surface area contributed by atoms with Crippen molar-refractivity contribution in [3.8, 4) is 16.9 Å². The molecule has 0 unspecified atom stereocenters. The molecule has 5 heterocycles. The summed E-state index contributed by atoms with van der Waals surface area (Å²) >= 11 is 6.62. The molecule has 0 radical (unpaired) electrons. The highest BCUT2D eigenvalue weighted by Gasteiger charge is 2.26. The molecule has 15 heteroatoms. The van der Waals surface area contributed by atoms with Gasteiger partial charge in [0.05, 0.1) is 48.3 Å². The van der Waals surface area contributed by atoms with Gasteiger partial charge in [-0.2, -0.15) is 10.1 Å². The summed E-state index contributed by atoms with van der Waals surface area (Å²) in [6.45, 7) is 10.3. The van der Waals surface area contributed by atoms with Crippen LogP contribution in [0.4, 0.5) is 28.8 Å². The van der Waals surface area contributed by atoms with E-state index in [1.807, 2.05) is 36.3 Å². The Balaban J connectivity index is 1.16. The topological polar surface area (TPSA) is 135 Å². The van der Waals surface area contributed by atoms with E-state index in [1.165, 1.54) is 6.20 Å². The van der Waals surface area contributed by atoms with Gasteiger partial charge in [0.1, 0.15) is 23.4 Å². The van der Waals surface area contributed by atoms with Gasteiger partial charge in [0.15, 0.2) is 5.82 Å². The molecule has 0 bridgehead atoms. The molecule has 0 saturated carbocycles. The van der Waals surface area contributed by atoms with E-state index < -0.39 is 7.14 Å². The van der Waals surface area contributed by atoms with Gasteiger partial charge in [0.25, 0.3) is 0 Å². The van der Waals surface area contributed by atoms with Crippen LogP contribution in [0, 0.1) is 5.92 Å². The van der Waals surface area contributed by atoms with Crippen molar-refractivity contribution < 1.29 is 14.0 Å². The van der Waals surface area contributed by atoms with Crippen LogP contribution in [0.5, 0.6) is 5.75 Å². The van der Waals surface area contributed by atoms with Gasteiger partial charge in [-0.1, -0.05) is 11.6 Å². The Bertz CT molecular complexity index is 2050. The number of rotatable bonds is 10. The van der Waals surface area contributed by atoms with Crippen molar-refractivity contribution in [3.63, 3.8) is 0 Å². The van der Waals surface area contributed by atoms with Gasteiger partial charge in [-0.25, -0.2) is 4.98 Å². The zero-order valence-electron chi connectivity index (χ0n) is 29.5. The average Bonchev–Trinajstić information content (AvgIpc) is 3.39. The summed E-state index contributed by atoms with van der Waals surface area (Å²) < 4.78 is 26.9. The van der Waals surface area contributed by atoms with Crippen LogP contribution < -0.4 is 25.6 Å². The molecule has 7 rings (SSSR count). The van der Waals surface area contributed by atoms with E-state index in [2.05, 4.69) is 52.6 Å². The Morgan fingerprint density at radius 3 is 2.59 bits per heavy atom. The minimum atomic E-state index is -2.80. The summed E-state index contributed by atoms with van der Waals surface area (Å²) in [4.78, 5) is 23.1. The minimum absolute atomic E-state index is 0.304. The van der Waals surface area contributed by atoms with Crippen LogP contribution in [0.2, 0.25) is 5.02 Å². The van der Waals surface area contributed by atoms with Crippen molar-refractivity contribution in [1.82, 2.24) is 34.6 Å². The van der Waals surface area contributed by atoms with Crippen molar-refractivity contribution >= 4 is 63.9 Å². The molecule has 2 aliphatic rings. The maximum Gasteiger partial charge on any atom is 0.229 e. The smallest absolute Gasteiger partial charge is 0.229 e. The van der Waals surface area contributed by atoms with Crippen LogP contribution in [-0.2, 0) is 16.3 Å². The van der Waals surface area contributed by atoms with Gasteiger partial charge in [0.2, 0.25) is 5.95 Å². The summed E-state index contributed by atoms with van der Waals surface area (Å²) in [7, 11) is 0.792. The van der Waals surface area contributed by atoms with E-state index in [1.54, 1.807) is 32.8 Å². The van der Waals surface area contributed by atoms with Gasteiger partial charge in [-0.3, -0.25) is 14.6 Å². The third kappa shape index (κ3) is 7.97. The first-order chi connectivity index (χ1) is 24.7. The highest BCUT2D eigenvalue weighted by Crippen LogP contribution is 2.43. The standard InChI is InChI=1S/C36H44ClN10O3P/c1-45-23-25(20-41-45)26-18-30(32(49-2)19-31(26)47-13-8-24(9-14-47)22-46-12-5-16-50-17-15-46)43-36-40-21-27(37)35(44-36)42-29-7-6-28-33(39-11-10-38-28)34(29)51(3,4)48/h6-7,10-11,18-21,23-24H,5,8-9,12-17,22H2,1-4H3,(H2,40,42,43,44). The van der Waals surface area contributed by atoms with E-state index in [9.17, 15) is 4.57 Å². The molecule has 2 aromatic carbocycles. The normalized spacial score (nSPS) is 16.3. The van der Waals surface area contributed by atoms with Gasteiger partial charge >= 0.3 is 0 Å². The number of piperidine rings is 1. The number of fused-ring (bicyclic) bond motifs is 1. The maximum absolute atomic E-state index is 13.5. The third-order valence-electron chi connectivity index (χ3n) is 9.52. The predicted molar refractivity (Wildman–Crippen MR) is 204 cm³/mol. The summed E-state index contributed by atoms with van der Waals surface area (Å²) in [6.07, 6.45) is 12.0. The SMILES string of the molecule is COc1cc(N2CCC(CN3CCCOCC3)CC2)c(-c2cnn(C)c2)cc1Nc1ncc(Cl)c(Nc2ccc3nccnc3c2P(C)(C)=O)n1. The molecule has 51 heavy (non-hydrogen) atoms. The first-order valence-corrected chi connectivity index (χ1v) is 20.3. The summed E-state index contributed by atoms with van der Waals surface area (Å²) in [5.74, 6) is 1.98. The highest BCUT2D eigenvalue weighted by molar-refractivity contribution is 7.71. The molecule has 13 nitrogen and oxygen atoms in total. The molecule has 3 aromatic heterocycles. The number of halogens is 1. The van der Waals surface area contributed by atoms with E-state index in [0.717, 1.165) is 82.0 Å². The zero-order chi connectivity index (χ0) is 35.5. The van der Waals surface area contributed by atoms with Crippen LogP contribution in [0.1, 0.15) is 19.3 Å². The van der Waals surface area contributed by atoms with Crippen molar-refractivity contribution in [2.75, 3.05) is 81.9 Å². The average molecular weight is 731 g/mol. The number of hydrogen-bond donors (Lipinski definition) is 2. The number of anilines is 5. The molecule has 2 aliphatic heterocycles. The molecule has 0 spiro atoms. The Hall–Kier alpha value is -4.29. The number of hydrogen-bond acceptors (Lipinski definition) is 12. The van der Waals surface area contributed by atoms with Crippen LogP contribution >= 0.6 is 18.7 Å². The molecular formula is C36H44ClN10O3P. The highest BCUT2D eigenvalue weighted by atomic mass is 35.5. The monoisotopic (exact) mass is 730 g/mol. The molecule has 2 saturated heterocycles. The molecule has 268 valence electrons. The fourth-order valence-electron chi connectivity index (χ4n) is 7.02. The minimum Gasteiger partial charge on any atom is -0.494 e. The summed E-state index contributed by atoms with van der Waals surface area (Å²) in [5, 5.41) is 12.0. The van der Waals surface area contributed by atoms with Gasteiger partial charge in [-0.15, -0.1) is 0 Å². The Labute approximate surface area is 303 Å². The molecule has 0 amide bonds. The van der Waals surface area contributed by atoms with Gasteiger partial charge in [-0.05, 0) is 56.7 Å². The van der Waals surface area contributed by atoms with Crippen molar-refractivity contribution in [1.29, 1.82) is 0 Å². The largest absolute Gasteiger partial charge is 0.494 e. The molecule has 0 aliphatic carbocycles. The molecule has 5 aromatic rings. The van der Waals surface area contributed by atoms with Gasteiger partial charge < -0.3 is 34.5 Å². The lowest BCUT2D eigenvalue weighted by Crippen LogP contribution is -2.39. The second-order valence-electron chi connectivity index (χ2n) is 13.5. The van der Waals surface area contributed by atoms with Crippen molar-refractivity contribution in [2.24, 2.45) is 13.0 Å². The van der Waals surface area contributed by atoms with E-state index in [0.29, 0.717) is 56.2 Å². The fraction of sp³-hybridized carbons (Fsp3) is 0.417. The molecule has 0 atom stereocenters. The molecule has 2 fully saturated rings. The fourth-order valence-corrected chi connectivity index (χ4v) is 8.55. The van der Waals surface area contributed by atoms with E-state index in [-0.39, 0.29) is 0 Å². The quantitative estimate of drug-likeness (QED) is 0.160. The second kappa shape index (κ2) is 15.1. The summed E-state index contributed by atoms with van der Waals surface area (Å²) in [5.41, 5.74) is 5.65. The Morgan fingerprint density at radius 2 is 1.82 bits per heavy atom. The second-order valence-corrected chi connectivity index (χ2v) is 17.1. The summed E-state index contributed by atoms with van der Waals surface area (Å²) in [6, 6.07) is 7.82. The lowest BCUT2D eigenvalue weighted by Gasteiger charge is -2.37. The Kier molecular flexibility index (Phi) is 10.4. The molecule has 2 N–H and O–H groups in total. The van der Waals surface area contributed by atoms with Crippen LogP contribution in [-0.4, -0.2) is 101 Å². The number of benzene rings is 2. The maximum atomic E-state index is 13.5. The number of nitrogens with zero attached hydrogens (tertiary/aromatic N) is 8.